The zero-order valence-corrected chi connectivity index (χ0v) is 12.4. The van der Waals surface area contributed by atoms with Gasteiger partial charge < -0.3 is 20.9 Å². The number of amides is 3. The van der Waals surface area contributed by atoms with Gasteiger partial charge >= 0.3 is 6.03 Å². The maximum Gasteiger partial charge on any atom is 0.317 e. The van der Waals surface area contributed by atoms with Crippen LogP contribution in [0.3, 0.4) is 0 Å². The summed E-state index contributed by atoms with van der Waals surface area (Å²) in [5.41, 5.74) is 5.21. The van der Waals surface area contributed by atoms with Gasteiger partial charge in [0.25, 0.3) is 0 Å². The molecule has 3 N–H and O–H groups in total. The van der Waals surface area contributed by atoms with Crippen molar-refractivity contribution in [1.82, 2.24) is 15.1 Å². The van der Waals surface area contributed by atoms with E-state index in [9.17, 15) is 9.59 Å². The summed E-state index contributed by atoms with van der Waals surface area (Å²) in [4.78, 5) is 28.3. The van der Waals surface area contributed by atoms with Gasteiger partial charge in [-0.05, 0) is 18.8 Å². The van der Waals surface area contributed by atoms with E-state index in [1.54, 1.807) is 4.90 Å². The van der Waals surface area contributed by atoms with Gasteiger partial charge in [-0.1, -0.05) is 19.1 Å². The second-order valence-corrected chi connectivity index (χ2v) is 6.68. The summed E-state index contributed by atoms with van der Waals surface area (Å²) in [7, 11) is 0. The molecule has 0 bridgehead atoms. The Balaban J connectivity index is 1.72. The van der Waals surface area contributed by atoms with Crippen molar-refractivity contribution < 1.29 is 9.59 Å². The van der Waals surface area contributed by atoms with Gasteiger partial charge in [-0.3, -0.25) is 4.79 Å². The summed E-state index contributed by atoms with van der Waals surface area (Å²) in [6, 6.07) is 0.0597. The van der Waals surface area contributed by atoms with Gasteiger partial charge in [-0.2, -0.15) is 0 Å². The van der Waals surface area contributed by atoms with Crippen molar-refractivity contribution >= 4 is 29.1 Å². The zero-order valence-electron chi connectivity index (χ0n) is 11.6. The Kier molecular flexibility index (Phi) is 3.12. The van der Waals surface area contributed by atoms with Crippen molar-refractivity contribution in [1.29, 1.82) is 0 Å². The van der Waals surface area contributed by atoms with Crippen LogP contribution in [0.1, 0.15) is 19.8 Å². The first-order valence-electron chi connectivity index (χ1n) is 7.08. The van der Waals surface area contributed by atoms with Gasteiger partial charge in [0, 0.05) is 26.2 Å². The Morgan fingerprint density at radius 3 is 2.75 bits per heavy atom. The minimum atomic E-state index is -0.632. The molecule has 7 heteroatoms. The Morgan fingerprint density at radius 2 is 2.15 bits per heavy atom. The molecule has 20 heavy (non-hydrogen) atoms. The highest BCUT2D eigenvalue weighted by Gasteiger charge is 2.53. The van der Waals surface area contributed by atoms with E-state index in [-0.39, 0.29) is 18.0 Å². The molecule has 0 aromatic rings. The lowest BCUT2D eigenvalue weighted by Crippen LogP contribution is -2.62. The van der Waals surface area contributed by atoms with Crippen LogP contribution in [0.2, 0.25) is 0 Å². The topological polar surface area (TPSA) is 78.7 Å². The molecule has 6 nitrogen and oxygen atoms in total. The summed E-state index contributed by atoms with van der Waals surface area (Å²) in [5, 5.41) is 2.82. The average molecular weight is 296 g/mol. The van der Waals surface area contributed by atoms with E-state index < -0.39 is 5.41 Å². The number of carbonyl (C=O) groups is 2. The van der Waals surface area contributed by atoms with E-state index in [4.69, 9.17) is 18.0 Å². The normalized spacial score (nSPS) is 36.1. The fourth-order valence-electron chi connectivity index (χ4n) is 3.70. The van der Waals surface area contributed by atoms with Crippen LogP contribution in [0.15, 0.2) is 0 Å². The lowest BCUT2D eigenvalue weighted by molar-refractivity contribution is -0.146. The number of hydrogen-bond acceptors (Lipinski definition) is 3. The van der Waals surface area contributed by atoms with E-state index in [1.165, 1.54) is 0 Å². The van der Waals surface area contributed by atoms with E-state index in [1.807, 2.05) is 4.90 Å². The first-order chi connectivity index (χ1) is 9.44. The Bertz CT molecular complexity index is 475. The number of nitrogens with two attached hydrogens (primary N) is 1. The molecule has 3 rings (SSSR count). The molecule has 3 aliphatic rings. The van der Waals surface area contributed by atoms with E-state index in [2.05, 4.69) is 12.2 Å². The van der Waals surface area contributed by atoms with E-state index in [0.717, 1.165) is 12.8 Å². The molecule has 0 aromatic heterocycles. The summed E-state index contributed by atoms with van der Waals surface area (Å²) in [6.07, 6.45) is 1.51. The van der Waals surface area contributed by atoms with Gasteiger partial charge in [-0.15, -0.1) is 0 Å². The van der Waals surface area contributed by atoms with Crippen LogP contribution in [0.5, 0.6) is 0 Å². The number of hydrogen-bond donors (Lipinski definition) is 2. The molecule has 110 valence electrons. The molecule has 1 saturated carbocycles. The number of piperazine rings is 1. The molecular weight excluding hydrogens is 276 g/mol. The van der Waals surface area contributed by atoms with Crippen molar-refractivity contribution in [3.05, 3.63) is 0 Å². The summed E-state index contributed by atoms with van der Waals surface area (Å²) in [6.45, 7) is 4.46. The molecule has 0 aromatic carbocycles. The molecule has 1 atom stereocenters. The van der Waals surface area contributed by atoms with Crippen LogP contribution in [-0.2, 0) is 4.79 Å². The lowest BCUT2D eigenvalue weighted by Gasteiger charge is -2.48. The summed E-state index contributed by atoms with van der Waals surface area (Å²) in [5.74, 6) is 0.554. The Labute approximate surface area is 123 Å². The van der Waals surface area contributed by atoms with Crippen LogP contribution >= 0.6 is 12.2 Å². The monoisotopic (exact) mass is 296 g/mol. The third kappa shape index (κ3) is 1.87. The molecule has 0 radical (unpaired) electrons. The second kappa shape index (κ2) is 4.58. The molecule has 3 amide bonds. The molecule has 0 spiro atoms. The lowest BCUT2D eigenvalue weighted by atomic mass is 9.61. The fraction of sp³-hybridized carbons (Fsp3) is 0.769. The Morgan fingerprint density at radius 1 is 1.45 bits per heavy atom. The molecule has 1 aliphatic carbocycles. The number of nitrogens with zero attached hydrogens (tertiary/aromatic N) is 2. The third-order valence-corrected chi connectivity index (χ3v) is 5.19. The smallest absolute Gasteiger partial charge is 0.317 e. The molecular formula is C13H20N4O2S. The Hall–Kier alpha value is -1.37. The first kappa shape index (κ1) is 13.6. The van der Waals surface area contributed by atoms with Gasteiger partial charge in [0.05, 0.1) is 16.4 Å². The van der Waals surface area contributed by atoms with Gasteiger partial charge in [0.2, 0.25) is 5.91 Å². The highest BCUT2D eigenvalue weighted by Crippen LogP contribution is 2.47. The van der Waals surface area contributed by atoms with Crippen molar-refractivity contribution in [2.75, 3.05) is 26.2 Å². The number of thiocarbonyl (C=S) groups is 1. The maximum atomic E-state index is 12.8. The van der Waals surface area contributed by atoms with Crippen molar-refractivity contribution in [3.63, 3.8) is 0 Å². The number of fused-ring (bicyclic) bond motifs is 1. The quantitative estimate of drug-likeness (QED) is 0.699. The van der Waals surface area contributed by atoms with Crippen LogP contribution in [0.4, 0.5) is 4.79 Å². The van der Waals surface area contributed by atoms with Gasteiger partial charge in [0.15, 0.2) is 0 Å². The minimum Gasteiger partial charge on any atom is -0.392 e. The van der Waals surface area contributed by atoms with Crippen LogP contribution in [0.25, 0.3) is 0 Å². The molecule has 2 saturated heterocycles. The third-order valence-electron chi connectivity index (χ3n) is 4.79. The molecule has 2 aliphatic heterocycles. The van der Waals surface area contributed by atoms with Crippen LogP contribution in [-0.4, -0.2) is 58.9 Å². The molecule has 2 heterocycles. The number of urea groups is 1. The van der Waals surface area contributed by atoms with Crippen LogP contribution in [0, 0.1) is 11.3 Å². The maximum absolute atomic E-state index is 12.8. The highest BCUT2D eigenvalue weighted by atomic mass is 32.1. The first-order valence-corrected chi connectivity index (χ1v) is 7.48. The van der Waals surface area contributed by atoms with Crippen molar-refractivity contribution in [2.45, 2.75) is 25.8 Å². The minimum absolute atomic E-state index is 0.0246. The largest absolute Gasteiger partial charge is 0.392 e. The predicted molar refractivity (Wildman–Crippen MR) is 78.1 cm³/mol. The SMILES string of the molecule is CC1CC(C(=O)N2CCN3C(=O)NCC3C2)(C(N)=S)C1. The molecule has 3 fully saturated rings. The van der Waals surface area contributed by atoms with Crippen LogP contribution < -0.4 is 11.1 Å². The van der Waals surface area contributed by atoms with E-state index in [0.29, 0.717) is 37.1 Å². The zero-order chi connectivity index (χ0) is 14.5. The van der Waals surface area contributed by atoms with Gasteiger partial charge in [-0.25, -0.2) is 4.79 Å². The molecule has 1 unspecified atom stereocenters. The van der Waals surface area contributed by atoms with Crippen molar-refractivity contribution in [2.24, 2.45) is 17.1 Å². The van der Waals surface area contributed by atoms with Crippen molar-refractivity contribution in [3.8, 4) is 0 Å². The second-order valence-electron chi connectivity index (χ2n) is 6.24. The van der Waals surface area contributed by atoms with Gasteiger partial charge in [0.1, 0.15) is 0 Å². The standard InChI is InChI=1S/C13H20N4O2S/c1-8-4-13(5-8,10(14)20)11(18)16-2-3-17-9(7-16)6-15-12(17)19/h8-9H,2-7H2,1H3,(H2,14,20)(H,15,19). The fourth-order valence-corrected chi connectivity index (χ4v) is 3.96. The average Bonchev–Trinajstić information content (AvgIpc) is 2.75. The highest BCUT2D eigenvalue weighted by molar-refractivity contribution is 7.80. The number of rotatable bonds is 2. The number of carbonyl (C=O) groups excluding carboxylic acids is 2. The van der Waals surface area contributed by atoms with E-state index >= 15 is 0 Å². The summed E-state index contributed by atoms with van der Waals surface area (Å²) < 4.78 is 0. The summed E-state index contributed by atoms with van der Waals surface area (Å²) >= 11 is 5.14. The number of nitrogens with one attached hydrogen (secondary N) is 1. The predicted octanol–water partition coefficient (Wildman–Crippen LogP) is -0.0752.